The fraction of sp³-hybridized carbons (Fsp3) is 0.440. The van der Waals surface area contributed by atoms with Gasteiger partial charge in [-0.1, -0.05) is 47.8 Å². The Kier molecular flexibility index (Phi) is 6.68. The van der Waals surface area contributed by atoms with Crippen molar-refractivity contribution in [1.82, 2.24) is 0 Å². The SMILES string of the molecule is CCC(C1=C(O)C(=O)C(C(Cc2ccc(Br)cc2)CC2CC2)OC1=O)c1ccc(C)s1. The van der Waals surface area contributed by atoms with E-state index in [1.54, 1.807) is 11.3 Å². The molecule has 164 valence electrons. The van der Waals surface area contributed by atoms with Gasteiger partial charge in [0.1, 0.15) is 0 Å². The van der Waals surface area contributed by atoms with E-state index < -0.39 is 23.6 Å². The van der Waals surface area contributed by atoms with Crippen molar-refractivity contribution in [2.75, 3.05) is 0 Å². The van der Waals surface area contributed by atoms with Gasteiger partial charge in [0.2, 0.25) is 5.78 Å². The maximum absolute atomic E-state index is 13.2. The molecular weight excluding hydrogens is 476 g/mol. The van der Waals surface area contributed by atoms with Crippen molar-refractivity contribution >= 4 is 39.0 Å². The van der Waals surface area contributed by atoms with Crippen LogP contribution in [0.1, 0.15) is 53.8 Å². The Morgan fingerprint density at radius 2 is 1.87 bits per heavy atom. The second kappa shape index (κ2) is 9.29. The summed E-state index contributed by atoms with van der Waals surface area (Å²) in [4.78, 5) is 28.4. The van der Waals surface area contributed by atoms with Crippen LogP contribution in [0.4, 0.5) is 0 Å². The van der Waals surface area contributed by atoms with Gasteiger partial charge < -0.3 is 9.84 Å². The number of halogens is 1. The van der Waals surface area contributed by atoms with E-state index in [0.717, 1.165) is 39.1 Å². The van der Waals surface area contributed by atoms with E-state index in [1.165, 1.54) is 0 Å². The molecule has 4 rings (SSSR count). The summed E-state index contributed by atoms with van der Waals surface area (Å²) in [5.41, 5.74) is 1.20. The van der Waals surface area contributed by atoms with Crippen LogP contribution in [0, 0.1) is 18.8 Å². The van der Waals surface area contributed by atoms with Gasteiger partial charge in [-0.3, -0.25) is 4.79 Å². The molecule has 2 aromatic rings. The average Bonchev–Trinajstić information content (AvgIpc) is 3.47. The second-order valence-electron chi connectivity index (χ2n) is 8.63. The summed E-state index contributed by atoms with van der Waals surface area (Å²) in [6.45, 7) is 3.95. The number of carbonyl (C=O) groups excluding carboxylic acids is 2. The van der Waals surface area contributed by atoms with Crippen molar-refractivity contribution < 1.29 is 19.4 Å². The van der Waals surface area contributed by atoms with Crippen LogP contribution >= 0.6 is 27.3 Å². The van der Waals surface area contributed by atoms with E-state index in [0.29, 0.717) is 18.8 Å². The summed E-state index contributed by atoms with van der Waals surface area (Å²) in [7, 11) is 0. The second-order valence-corrected chi connectivity index (χ2v) is 10.9. The molecule has 2 heterocycles. The van der Waals surface area contributed by atoms with Crippen LogP contribution in [0.15, 0.2) is 52.2 Å². The third-order valence-electron chi connectivity index (χ3n) is 6.23. The van der Waals surface area contributed by atoms with Crippen molar-refractivity contribution in [3.8, 4) is 0 Å². The first-order valence-corrected chi connectivity index (χ1v) is 12.5. The number of carbonyl (C=O) groups is 2. The summed E-state index contributed by atoms with van der Waals surface area (Å²) < 4.78 is 6.76. The number of Topliss-reactive ketones (excluding diaryl/α,β-unsaturated/α-hetero) is 1. The van der Waals surface area contributed by atoms with Crippen LogP contribution in [0.3, 0.4) is 0 Å². The average molecular weight is 503 g/mol. The van der Waals surface area contributed by atoms with Gasteiger partial charge in [0.05, 0.1) is 5.57 Å². The number of esters is 1. The fourth-order valence-corrected chi connectivity index (χ4v) is 5.76. The Morgan fingerprint density at radius 3 is 2.45 bits per heavy atom. The first kappa shape index (κ1) is 22.3. The number of ether oxygens (including phenoxy) is 1. The van der Waals surface area contributed by atoms with Gasteiger partial charge in [0.15, 0.2) is 11.9 Å². The van der Waals surface area contributed by atoms with Crippen molar-refractivity contribution in [3.05, 3.63) is 67.5 Å². The van der Waals surface area contributed by atoms with Gasteiger partial charge in [0.25, 0.3) is 0 Å². The van der Waals surface area contributed by atoms with Crippen LogP contribution in [-0.4, -0.2) is 23.0 Å². The molecular formula is C25H27BrO4S. The van der Waals surface area contributed by atoms with Crippen molar-refractivity contribution in [1.29, 1.82) is 0 Å². The standard InChI is InChI=1S/C25H27BrO4S/c1-3-19(20-11-4-14(2)31-20)21-22(27)23(28)24(30-25(21)29)17(12-15-5-6-15)13-16-7-9-18(26)10-8-16/h4,7-11,15,17,19,24,27H,3,5-6,12-13H2,1-2H3. The molecule has 2 aliphatic rings. The molecule has 0 radical (unpaired) electrons. The molecule has 1 aromatic heterocycles. The highest BCUT2D eigenvalue weighted by molar-refractivity contribution is 9.10. The minimum absolute atomic E-state index is 0.111. The molecule has 1 saturated carbocycles. The van der Waals surface area contributed by atoms with Crippen molar-refractivity contribution in [2.24, 2.45) is 11.8 Å². The molecule has 3 unspecified atom stereocenters. The predicted octanol–water partition coefficient (Wildman–Crippen LogP) is 6.28. The number of aliphatic hydroxyl groups excluding tert-OH is 1. The first-order chi connectivity index (χ1) is 14.9. The number of rotatable bonds is 8. The highest BCUT2D eigenvalue weighted by atomic mass is 79.9. The number of ketones is 1. The summed E-state index contributed by atoms with van der Waals surface area (Å²) in [6.07, 6.45) is 3.43. The molecule has 31 heavy (non-hydrogen) atoms. The van der Waals surface area contributed by atoms with Gasteiger partial charge >= 0.3 is 5.97 Å². The van der Waals surface area contributed by atoms with Crippen LogP contribution in [-0.2, 0) is 20.7 Å². The van der Waals surface area contributed by atoms with Gasteiger partial charge in [-0.25, -0.2) is 4.79 Å². The molecule has 1 aliphatic carbocycles. The summed E-state index contributed by atoms with van der Waals surface area (Å²) >= 11 is 5.03. The lowest BCUT2D eigenvalue weighted by Crippen LogP contribution is -2.42. The predicted molar refractivity (Wildman–Crippen MR) is 125 cm³/mol. The number of benzene rings is 1. The van der Waals surface area contributed by atoms with E-state index >= 15 is 0 Å². The maximum atomic E-state index is 13.2. The Balaban J connectivity index is 1.62. The molecule has 1 N–H and O–H groups in total. The molecule has 1 aliphatic heterocycles. The summed E-state index contributed by atoms with van der Waals surface area (Å²) in [5.74, 6) is -1.32. The topological polar surface area (TPSA) is 63.6 Å². The zero-order chi connectivity index (χ0) is 22.1. The quantitative estimate of drug-likeness (QED) is 0.431. The van der Waals surface area contributed by atoms with Crippen LogP contribution in [0.5, 0.6) is 0 Å². The lowest BCUT2D eigenvalue weighted by atomic mass is 9.83. The number of cyclic esters (lactones) is 1. The normalized spacial score (nSPS) is 21.2. The Hall–Kier alpha value is -1.92. The Morgan fingerprint density at radius 1 is 1.16 bits per heavy atom. The van der Waals surface area contributed by atoms with Gasteiger partial charge in [-0.05, 0) is 61.9 Å². The molecule has 1 aromatic carbocycles. The maximum Gasteiger partial charge on any atom is 0.339 e. The molecule has 4 nitrogen and oxygen atoms in total. The number of aryl methyl sites for hydroxylation is 1. The summed E-state index contributed by atoms with van der Waals surface area (Å²) in [6, 6.07) is 11.9. The number of hydrogen-bond acceptors (Lipinski definition) is 5. The highest BCUT2D eigenvalue weighted by Crippen LogP contribution is 2.41. The molecule has 0 saturated heterocycles. The van der Waals surface area contributed by atoms with Gasteiger partial charge in [-0.2, -0.15) is 0 Å². The van der Waals surface area contributed by atoms with E-state index in [2.05, 4.69) is 15.9 Å². The van der Waals surface area contributed by atoms with Crippen LogP contribution in [0.25, 0.3) is 0 Å². The largest absolute Gasteiger partial charge is 0.504 e. The van der Waals surface area contributed by atoms with E-state index in [4.69, 9.17) is 4.74 Å². The van der Waals surface area contributed by atoms with Crippen molar-refractivity contribution in [3.63, 3.8) is 0 Å². The number of aliphatic hydroxyl groups is 1. The Bertz CT molecular complexity index is 1000. The third-order valence-corrected chi connectivity index (χ3v) is 7.88. The van der Waals surface area contributed by atoms with Gasteiger partial charge in [0, 0.05) is 26.1 Å². The van der Waals surface area contributed by atoms with Crippen LogP contribution < -0.4 is 0 Å². The van der Waals surface area contributed by atoms with Crippen molar-refractivity contribution in [2.45, 2.75) is 58.0 Å². The zero-order valence-electron chi connectivity index (χ0n) is 17.8. The van der Waals surface area contributed by atoms with Crippen LogP contribution in [0.2, 0.25) is 0 Å². The monoisotopic (exact) mass is 502 g/mol. The molecule has 1 fully saturated rings. The molecule has 0 amide bonds. The first-order valence-electron chi connectivity index (χ1n) is 10.9. The Labute approximate surface area is 195 Å². The smallest absolute Gasteiger partial charge is 0.339 e. The number of hydrogen-bond donors (Lipinski definition) is 1. The number of thiophene rings is 1. The lowest BCUT2D eigenvalue weighted by molar-refractivity contribution is -0.158. The molecule has 0 bridgehead atoms. The lowest BCUT2D eigenvalue weighted by Gasteiger charge is -2.31. The van der Waals surface area contributed by atoms with E-state index in [9.17, 15) is 14.7 Å². The highest BCUT2D eigenvalue weighted by Gasteiger charge is 2.44. The van der Waals surface area contributed by atoms with E-state index in [1.807, 2.05) is 50.2 Å². The third kappa shape index (κ3) is 4.96. The fourth-order valence-electron chi connectivity index (χ4n) is 4.42. The van der Waals surface area contributed by atoms with E-state index in [-0.39, 0.29) is 17.4 Å². The zero-order valence-corrected chi connectivity index (χ0v) is 20.2. The molecule has 0 spiro atoms. The summed E-state index contributed by atoms with van der Waals surface area (Å²) in [5, 5.41) is 10.9. The minimum atomic E-state index is -0.928. The molecule has 6 heteroatoms. The molecule has 3 atom stereocenters. The van der Waals surface area contributed by atoms with Gasteiger partial charge in [-0.15, -0.1) is 11.3 Å². The minimum Gasteiger partial charge on any atom is -0.504 e.